The third-order valence-electron chi connectivity index (χ3n) is 2.26. The molecule has 0 fully saturated rings. The Bertz CT molecular complexity index is 252. The Labute approximate surface area is 176 Å². The van der Waals surface area contributed by atoms with Crippen LogP contribution < -0.4 is 0 Å². The minimum Gasteiger partial charge on any atom is -0.672 e. The molecular formula is C16H48CoN4Si4. The van der Waals surface area contributed by atoms with Crippen molar-refractivity contribution in [2.24, 2.45) is 0 Å². The first-order valence-corrected chi connectivity index (χ1v) is 21.7. The molecule has 0 heterocycles. The predicted molar refractivity (Wildman–Crippen MR) is 128 cm³/mol. The molecule has 4 nitrogen and oxygen atoms in total. The van der Waals surface area contributed by atoms with E-state index in [-0.39, 0.29) is 16.8 Å². The van der Waals surface area contributed by atoms with E-state index in [1.807, 2.05) is 0 Å². The summed E-state index contributed by atoms with van der Waals surface area (Å²) in [6.07, 6.45) is 0. The quantitative estimate of drug-likeness (QED) is 0.518. The first-order valence-electron chi connectivity index (χ1n) is 9.19. The molecular weight excluding hydrogens is 419 g/mol. The summed E-state index contributed by atoms with van der Waals surface area (Å²) in [6.45, 7) is 25.2. The molecule has 0 amide bonds. The predicted octanol–water partition coefficient (Wildman–Crippen LogP) is 4.46. The fraction of sp³-hybridized carbons (Fsp3) is 1.00. The summed E-state index contributed by atoms with van der Waals surface area (Å²) in [6, 6.07) is 0. The number of rotatable bonds is 7. The second kappa shape index (κ2) is 17.3. The van der Waals surface area contributed by atoms with E-state index in [0.29, 0.717) is 0 Å². The number of hydrogen-bond acceptors (Lipinski definition) is 2. The van der Waals surface area contributed by atoms with Crippen molar-refractivity contribution >= 4 is 34.4 Å². The Morgan fingerprint density at radius 2 is 0.880 bits per heavy atom. The topological polar surface area (TPSA) is 34.7 Å². The van der Waals surface area contributed by atoms with Crippen molar-refractivity contribution in [3.05, 3.63) is 9.30 Å². The van der Waals surface area contributed by atoms with Crippen LogP contribution in [0.2, 0.25) is 65.5 Å². The summed E-state index contributed by atoms with van der Waals surface area (Å²) < 4.78 is 9.38. The zero-order valence-electron chi connectivity index (χ0n) is 19.7. The standard InChI is InChI=1S/C6H16N2.C6H18NSi2.C4H14NSi2.Co/c1-7(2)5-6-8(3)4;1-8(2,3)7-9(4,5)6;1-6(2)5-7(3)4;/h5-6H2,1-4H3;1-6H3;6-7H,1-4H3;/q;2*-1;+2. The molecule has 0 aromatic rings. The van der Waals surface area contributed by atoms with Crippen LogP contribution in [-0.2, 0) is 16.8 Å². The molecule has 157 valence electrons. The maximum Gasteiger partial charge on any atom is 2.00 e. The van der Waals surface area contributed by atoms with Gasteiger partial charge in [0.15, 0.2) is 0 Å². The zero-order valence-corrected chi connectivity index (χ0v) is 25.0. The fourth-order valence-electron chi connectivity index (χ4n) is 2.00. The molecule has 0 rings (SSSR count). The minimum absolute atomic E-state index is 0. The molecule has 0 N–H and O–H groups in total. The van der Waals surface area contributed by atoms with E-state index in [1.165, 1.54) is 0 Å². The van der Waals surface area contributed by atoms with Gasteiger partial charge in [0, 0.05) is 13.1 Å². The van der Waals surface area contributed by atoms with Gasteiger partial charge < -0.3 is 19.1 Å². The molecule has 0 saturated heterocycles. The van der Waals surface area contributed by atoms with E-state index in [1.54, 1.807) is 0 Å². The van der Waals surface area contributed by atoms with Gasteiger partial charge in [0.2, 0.25) is 0 Å². The maximum absolute atomic E-state index is 4.82. The zero-order chi connectivity index (χ0) is 20.1. The summed E-state index contributed by atoms with van der Waals surface area (Å²) in [5, 5.41) is 0. The van der Waals surface area contributed by atoms with Gasteiger partial charge in [0.05, 0.1) is 0 Å². The number of likely N-dealkylation sites (N-methyl/N-ethyl adjacent to an activating group) is 2. The number of nitrogens with zero attached hydrogens (tertiary/aromatic N) is 4. The molecule has 9 heteroatoms. The molecule has 1 radical (unpaired) electrons. The first-order chi connectivity index (χ1) is 10.5. The Hall–Kier alpha value is 1.21. The number of hydrogen-bond donors (Lipinski definition) is 0. The first kappa shape index (κ1) is 33.8. The van der Waals surface area contributed by atoms with Gasteiger partial charge >= 0.3 is 16.8 Å². The third kappa shape index (κ3) is 51.7. The van der Waals surface area contributed by atoms with E-state index < -0.39 is 34.4 Å². The summed E-state index contributed by atoms with van der Waals surface area (Å²) in [5.74, 6) is 0. The normalized spacial score (nSPS) is 11.8. The van der Waals surface area contributed by atoms with Crippen molar-refractivity contribution < 1.29 is 16.8 Å². The second-order valence-corrected chi connectivity index (χ2v) is 24.5. The van der Waals surface area contributed by atoms with Crippen LogP contribution in [0.1, 0.15) is 0 Å². The third-order valence-corrected chi connectivity index (χ3v) is 12.4. The fourth-order valence-corrected chi connectivity index (χ4v) is 14.8. The van der Waals surface area contributed by atoms with E-state index in [9.17, 15) is 0 Å². The van der Waals surface area contributed by atoms with Gasteiger partial charge in [-0.05, 0) is 28.2 Å². The molecule has 0 unspecified atom stereocenters. The van der Waals surface area contributed by atoms with Crippen molar-refractivity contribution in [2.75, 3.05) is 41.3 Å². The van der Waals surface area contributed by atoms with Gasteiger partial charge in [-0.1, -0.05) is 99.9 Å². The van der Waals surface area contributed by atoms with Crippen molar-refractivity contribution in [3.8, 4) is 0 Å². The molecule has 0 aliphatic carbocycles. The molecule has 0 saturated carbocycles. The van der Waals surface area contributed by atoms with Crippen LogP contribution in [0.4, 0.5) is 0 Å². The largest absolute Gasteiger partial charge is 2.00 e. The second-order valence-electron chi connectivity index (χ2n) is 9.40. The molecule has 0 bridgehead atoms. The average molecular weight is 468 g/mol. The molecule has 0 aliphatic heterocycles. The molecule has 0 spiro atoms. The van der Waals surface area contributed by atoms with E-state index >= 15 is 0 Å². The molecule has 25 heavy (non-hydrogen) atoms. The maximum atomic E-state index is 4.82. The van der Waals surface area contributed by atoms with Gasteiger partial charge in [-0.2, -0.15) is 0 Å². The van der Waals surface area contributed by atoms with E-state index in [2.05, 4.69) is 108 Å². The van der Waals surface area contributed by atoms with E-state index in [4.69, 9.17) is 4.65 Å². The summed E-state index contributed by atoms with van der Waals surface area (Å²) >= 11 is 0. The average Bonchev–Trinajstić information content (AvgIpc) is 2.20. The van der Waals surface area contributed by atoms with Crippen LogP contribution in [0.25, 0.3) is 9.30 Å². The van der Waals surface area contributed by atoms with Gasteiger partial charge in [-0.3, -0.25) is 0 Å². The minimum atomic E-state index is -1.11. The van der Waals surface area contributed by atoms with E-state index in [0.717, 1.165) is 13.1 Å². The summed E-state index contributed by atoms with van der Waals surface area (Å²) in [5.41, 5.74) is 0. The van der Waals surface area contributed by atoms with Crippen LogP contribution in [0.15, 0.2) is 0 Å². The smallest absolute Gasteiger partial charge is 0.672 e. The van der Waals surface area contributed by atoms with Crippen molar-refractivity contribution in [2.45, 2.75) is 65.5 Å². The van der Waals surface area contributed by atoms with Gasteiger partial charge in [-0.25, -0.2) is 0 Å². The van der Waals surface area contributed by atoms with Crippen LogP contribution in [0.5, 0.6) is 0 Å². The summed E-state index contributed by atoms with van der Waals surface area (Å²) in [4.78, 5) is 4.36. The van der Waals surface area contributed by atoms with Gasteiger partial charge in [0.1, 0.15) is 0 Å². The van der Waals surface area contributed by atoms with Crippen molar-refractivity contribution in [1.82, 2.24) is 9.80 Å². The Balaban J connectivity index is -0.000000131. The van der Waals surface area contributed by atoms with Crippen LogP contribution in [-0.4, -0.2) is 85.5 Å². The monoisotopic (exact) mass is 467 g/mol. The Morgan fingerprint density at radius 1 is 0.640 bits per heavy atom. The van der Waals surface area contributed by atoms with Crippen molar-refractivity contribution in [3.63, 3.8) is 0 Å². The SMILES string of the molecule is CN(C)CCN(C)C.C[SiH](C)[N-][SiH](C)C.C[Si](C)(C)[N-][Si](C)(C)C.[Co+2]. The van der Waals surface area contributed by atoms with Crippen LogP contribution in [0, 0.1) is 0 Å². The molecule has 0 aromatic heterocycles. The van der Waals surface area contributed by atoms with Gasteiger partial charge in [0.25, 0.3) is 0 Å². The van der Waals surface area contributed by atoms with Crippen LogP contribution >= 0.6 is 0 Å². The van der Waals surface area contributed by atoms with Crippen LogP contribution in [0.3, 0.4) is 0 Å². The molecule has 0 aromatic carbocycles. The Kier molecular flexibility index (Phi) is 23.4. The molecule has 0 aliphatic rings. The van der Waals surface area contributed by atoms with Crippen molar-refractivity contribution in [1.29, 1.82) is 0 Å². The van der Waals surface area contributed by atoms with Gasteiger partial charge in [-0.15, -0.1) is 0 Å². The molecule has 0 atom stereocenters. The Morgan fingerprint density at radius 3 is 0.920 bits per heavy atom. The summed E-state index contributed by atoms with van der Waals surface area (Å²) in [7, 11) is 5.05.